The van der Waals surface area contributed by atoms with E-state index in [9.17, 15) is 13.5 Å². The van der Waals surface area contributed by atoms with Crippen LogP contribution in [0.2, 0.25) is 0 Å². The highest BCUT2D eigenvalue weighted by Crippen LogP contribution is 2.30. The molecule has 0 fully saturated rings. The van der Waals surface area contributed by atoms with Crippen molar-refractivity contribution in [3.05, 3.63) is 22.6 Å². The molecule has 0 amide bonds. The smallest absolute Gasteiger partial charge is 0.247 e. The highest BCUT2D eigenvalue weighted by Gasteiger charge is 2.19. The first-order chi connectivity index (χ1) is 6.47. The van der Waals surface area contributed by atoms with Crippen LogP contribution in [-0.4, -0.2) is 19.6 Å². The monoisotopic (exact) mass is 231 g/mol. The number of rotatable bonds is 1. The van der Waals surface area contributed by atoms with Crippen molar-refractivity contribution in [2.75, 3.05) is 0 Å². The largest absolute Gasteiger partial charge is 0.389 e. The lowest BCUT2D eigenvalue weighted by Gasteiger charge is -2.09. The van der Waals surface area contributed by atoms with Crippen molar-refractivity contribution in [2.24, 2.45) is 5.14 Å². The first kappa shape index (κ1) is 9.85. The van der Waals surface area contributed by atoms with Crippen LogP contribution in [0, 0.1) is 0 Å². The fourth-order valence-electron chi connectivity index (χ4n) is 1.33. The number of hydrogen-bond acceptors (Lipinski definition) is 4. The van der Waals surface area contributed by atoms with Gasteiger partial charge in [-0.3, -0.25) is 0 Å². The zero-order valence-electron chi connectivity index (χ0n) is 7.17. The van der Waals surface area contributed by atoms with Gasteiger partial charge in [-0.05, 0) is 11.6 Å². The van der Waals surface area contributed by atoms with E-state index in [1.165, 1.54) is 6.07 Å². The van der Waals surface area contributed by atoms with Crippen LogP contribution in [0.15, 0.2) is 16.4 Å². The molecule has 3 N–H and O–H groups in total. The second kappa shape index (κ2) is 3.16. The predicted octanol–water partition coefficient (Wildman–Crippen LogP) is 0.326. The van der Waals surface area contributed by atoms with Crippen LogP contribution >= 0.6 is 11.3 Å². The van der Waals surface area contributed by atoms with E-state index >= 15 is 0 Å². The van der Waals surface area contributed by atoms with E-state index in [0.717, 1.165) is 21.8 Å². The lowest BCUT2D eigenvalue weighted by molar-refractivity contribution is 0.224. The van der Waals surface area contributed by atoms with E-state index in [1.54, 1.807) is 12.2 Å². The summed E-state index contributed by atoms with van der Waals surface area (Å²) < 4.78 is 22.2. The molecule has 0 spiro atoms. The SMILES string of the molecule is NS(=O)(=O)c1cc2c(s1)CC(O)C=C2. The third-order valence-electron chi connectivity index (χ3n) is 1.99. The fourth-order valence-corrected chi connectivity index (χ4v) is 3.32. The zero-order valence-corrected chi connectivity index (χ0v) is 8.81. The van der Waals surface area contributed by atoms with E-state index in [4.69, 9.17) is 5.14 Å². The van der Waals surface area contributed by atoms with E-state index < -0.39 is 16.1 Å². The Balaban J connectivity index is 2.49. The van der Waals surface area contributed by atoms with Crippen LogP contribution in [0.5, 0.6) is 0 Å². The molecule has 1 aromatic rings. The maximum absolute atomic E-state index is 11.0. The van der Waals surface area contributed by atoms with Crippen LogP contribution in [0.3, 0.4) is 0 Å². The summed E-state index contributed by atoms with van der Waals surface area (Å²) in [6.07, 6.45) is 3.30. The maximum atomic E-state index is 11.0. The Morgan fingerprint density at radius 2 is 2.29 bits per heavy atom. The summed E-state index contributed by atoms with van der Waals surface area (Å²) in [7, 11) is -3.61. The summed E-state index contributed by atoms with van der Waals surface area (Å²) in [6.45, 7) is 0. The number of sulfonamides is 1. The molecule has 0 aromatic carbocycles. The number of aliphatic hydroxyl groups excluding tert-OH is 1. The highest BCUT2D eigenvalue weighted by atomic mass is 32.2. The maximum Gasteiger partial charge on any atom is 0.247 e. The molecule has 4 nitrogen and oxygen atoms in total. The lowest BCUT2D eigenvalue weighted by Crippen LogP contribution is -2.09. The summed E-state index contributed by atoms with van der Waals surface area (Å²) in [6, 6.07) is 1.54. The number of fused-ring (bicyclic) bond motifs is 1. The number of nitrogens with two attached hydrogens (primary N) is 1. The number of thiophene rings is 1. The summed E-state index contributed by atoms with van der Waals surface area (Å²) in [5.41, 5.74) is 0.837. The van der Waals surface area contributed by atoms with Gasteiger partial charge in [0.05, 0.1) is 6.10 Å². The van der Waals surface area contributed by atoms with Gasteiger partial charge in [-0.15, -0.1) is 11.3 Å². The second-order valence-corrected chi connectivity index (χ2v) is 6.04. The zero-order chi connectivity index (χ0) is 10.3. The van der Waals surface area contributed by atoms with Gasteiger partial charge in [0.25, 0.3) is 0 Å². The molecule has 0 saturated carbocycles. The Bertz CT molecular complexity index is 487. The topological polar surface area (TPSA) is 80.4 Å². The molecular weight excluding hydrogens is 222 g/mol. The van der Waals surface area contributed by atoms with E-state index in [-0.39, 0.29) is 4.21 Å². The summed E-state index contributed by atoms with van der Waals surface area (Å²) in [5, 5.41) is 14.3. The van der Waals surface area contributed by atoms with Crippen molar-refractivity contribution < 1.29 is 13.5 Å². The molecule has 0 bridgehead atoms. The van der Waals surface area contributed by atoms with Gasteiger partial charge in [-0.25, -0.2) is 13.6 Å². The third kappa shape index (κ3) is 1.74. The normalized spacial score (nSPS) is 20.9. The molecule has 0 saturated heterocycles. The van der Waals surface area contributed by atoms with E-state index in [1.807, 2.05) is 0 Å². The van der Waals surface area contributed by atoms with Crippen LogP contribution < -0.4 is 5.14 Å². The van der Waals surface area contributed by atoms with Crippen molar-refractivity contribution in [3.63, 3.8) is 0 Å². The Morgan fingerprint density at radius 1 is 1.57 bits per heavy atom. The molecule has 1 atom stereocenters. The van der Waals surface area contributed by atoms with Crippen molar-refractivity contribution in [1.29, 1.82) is 0 Å². The van der Waals surface area contributed by atoms with Crippen molar-refractivity contribution >= 4 is 27.4 Å². The predicted molar refractivity (Wildman–Crippen MR) is 54.4 cm³/mol. The van der Waals surface area contributed by atoms with Gasteiger partial charge in [-0.2, -0.15) is 0 Å². The molecule has 0 aliphatic heterocycles. The van der Waals surface area contributed by atoms with Crippen molar-refractivity contribution in [3.8, 4) is 0 Å². The molecule has 1 aliphatic carbocycles. The highest BCUT2D eigenvalue weighted by molar-refractivity contribution is 7.91. The standard InChI is InChI=1S/C8H9NO3S2/c9-14(11,12)8-3-5-1-2-6(10)4-7(5)13-8/h1-3,6,10H,4H2,(H2,9,11,12). The Labute approximate surface area is 85.7 Å². The fraction of sp³-hybridized carbons (Fsp3) is 0.250. The molecule has 14 heavy (non-hydrogen) atoms. The molecule has 2 rings (SSSR count). The molecule has 1 unspecified atom stereocenters. The molecule has 6 heteroatoms. The average Bonchev–Trinajstić information content (AvgIpc) is 2.45. The Kier molecular flexibility index (Phi) is 2.23. The van der Waals surface area contributed by atoms with Gasteiger partial charge in [0.2, 0.25) is 10.0 Å². The van der Waals surface area contributed by atoms with Crippen LogP contribution in [0.4, 0.5) is 0 Å². The Hall–Kier alpha value is -0.690. The van der Waals surface area contributed by atoms with Crippen LogP contribution in [-0.2, 0) is 16.4 Å². The lowest BCUT2D eigenvalue weighted by atomic mass is 10.1. The molecule has 0 radical (unpaired) electrons. The third-order valence-corrected chi connectivity index (χ3v) is 4.59. The first-order valence-corrected chi connectivity index (χ1v) is 6.35. The van der Waals surface area contributed by atoms with Gasteiger partial charge < -0.3 is 5.11 Å². The number of hydrogen-bond donors (Lipinski definition) is 2. The quantitative estimate of drug-likeness (QED) is 0.730. The minimum Gasteiger partial charge on any atom is -0.389 e. The van der Waals surface area contributed by atoms with Gasteiger partial charge in [-0.1, -0.05) is 12.2 Å². The summed E-state index contributed by atoms with van der Waals surface area (Å²) in [4.78, 5) is 0.865. The first-order valence-electron chi connectivity index (χ1n) is 3.98. The Morgan fingerprint density at radius 3 is 2.93 bits per heavy atom. The summed E-state index contributed by atoms with van der Waals surface area (Å²) in [5.74, 6) is 0. The molecule has 1 aliphatic rings. The molecule has 1 heterocycles. The molecule has 76 valence electrons. The van der Waals surface area contributed by atoms with Gasteiger partial charge in [0.15, 0.2) is 0 Å². The number of aliphatic hydroxyl groups is 1. The minimum atomic E-state index is -3.61. The van der Waals surface area contributed by atoms with E-state index in [2.05, 4.69) is 0 Å². The van der Waals surface area contributed by atoms with Gasteiger partial charge in [0, 0.05) is 11.3 Å². The second-order valence-electron chi connectivity index (χ2n) is 3.12. The van der Waals surface area contributed by atoms with Gasteiger partial charge in [0.1, 0.15) is 4.21 Å². The molecule has 1 aromatic heterocycles. The average molecular weight is 231 g/mol. The van der Waals surface area contributed by atoms with Crippen LogP contribution in [0.25, 0.3) is 6.08 Å². The number of primary sulfonamides is 1. The van der Waals surface area contributed by atoms with Crippen molar-refractivity contribution in [2.45, 2.75) is 16.7 Å². The van der Waals surface area contributed by atoms with E-state index in [0.29, 0.717) is 6.42 Å². The minimum absolute atomic E-state index is 0.154. The molecular formula is C8H9NO3S2. The van der Waals surface area contributed by atoms with Gasteiger partial charge >= 0.3 is 0 Å². The van der Waals surface area contributed by atoms with Crippen molar-refractivity contribution in [1.82, 2.24) is 0 Å². The summed E-state index contributed by atoms with van der Waals surface area (Å²) >= 11 is 1.12. The van der Waals surface area contributed by atoms with Crippen LogP contribution in [0.1, 0.15) is 10.4 Å².